The third-order valence-electron chi connectivity index (χ3n) is 4.65. The standard InChI is InChI=1S/C18H29Cl2N5O/c1-3-21-18(24-12-14-11-15(19)16(20)25(14)2)23-10-9-22-17(26)13-7-5-4-6-8-13/h11,13H,3-10,12H2,1-2H3,(H,22,26)(H2,21,23,24). The van der Waals surface area contributed by atoms with E-state index in [4.69, 9.17) is 23.2 Å². The summed E-state index contributed by atoms with van der Waals surface area (Å²) in [5.41, 5.74) is 0.933. The summed E-state index contributed by atoms with van der Waals surface area (Å²) >= 11 is 12.1. The van der Waals surface area contributed by atoms with Gasteiger partial charge in [-0.2, -0.15) is 0 Å². The number of rotatable bonds is 7. The van der Waals surface area contributed by atoms with Gasteiger partial charge in [-0.05, 0) is 25.8 Å². The molecular weight excluding hydrogens is 373 g/mol. The quantitative estimate of drug-likeness (QED) is 0.373. The lowest BCUT2D eigenvalue weighted by Gasteiger charge is -2.21. The van der Waals surface area contributed by atoms with Crippen LogP contribution in [0.3, 0.4) is 0 Å². The molecule has 1 aromatic heterocycles. The Balaban J connectivity index is 1.78. The number of carbonyl (C=O) groups is 1. The van der Waals surface area contributed by atoms with Crippen LogP contribution in [0.4, 0.5) is 0 Å². The number of hydrogen-bond acceptors (Lipinski definition) is 2. The van der Waals surface area contributed by atoms with Gasteiger partial charge in [0, 0.05) is 38.3 Å². The zero-order chi connectivity index (χ0) is 18.9. The van der Waals surface area contributed by atoms with Crippen molar-refractivity contribution in [1.82, 2.24) is 20.5 Å². The second-order valence-electron chi connectivity index (χ2n) is 6.58. The Morgan fingerprint density at radius 2 is 1.88 bits per heavy atom. The van der Waals surface area contributed by atoms with E-state index in [1.807, 2.05) is 24.6 Å². The van der Waals surface area contributed by atoms with Crippen LogP contribution in [-0.4, -0.2) is 36.1 Å². The summed E-state index contributed by atoms with van der Waals surface area (Å²) in [4.78, 5) is 16.7. The molecular formula is C18H29Cl2N5O. The zero-order valence-electron chi connectivity index (χ0n) is 15.6. The normalized spacial score (nSPS) is 15.8. The highest BCUT2D eigenvalue weighted by atomic mass is 35.5. The summed E-state index contributed by atoms with van der Waals surface area (Å²) in [6, 6.07) is 1.82. The smallest absolute Gasteiger partial charge is 0.223 e. The number of aliphatic imine (C=N–C) groups is 1. The van der Waals surface area contributed by atoms with E-state index in [0.29, 0.717) is 35.8 Å². The minimum Gasteiger partial charge on any atom is -0.357 e. The molecule has 0 aliphatic heterocycles. The van der Waals surface area contributed by atoms with Crippen LogP contribution in [-0.2, 0) is 18.4 Å². The molecule has 1 aliphatic carbocycles. The van der Waals surface area contributed by atoms with Crippen LogP contribution in [0.15, 0.2) is 11.1 Å². The predicted octanol–water partition coefficient (Wildman–Crippen LogP) is 3.08. The molecule has 0 unspecified atom stereocenters. The number of nitrogens with zero attached hydrogens (tertiary/aromatic N) is 2. The van der Waals surface area contributed by atoms with Gasteiger partial charge >= 0.3 is 0 Å². The van der Waals surface area contributed by atoms with E-state index in [9.17, 15) is 4.79 Å². The number of carbonyl (C=O) groups excluding carboxylic acids is 1. The molecule has 1 fully saturated rings. The summed E-state index contributed by atoms with van der Waals surface area (Å²) in [7, 11) is 1.86. The van der Waals surface area contributed by atoms with Gasteiger partial charge in [-0.15, -0.1) is 0 Å². The molecule has 2 rings (SSSR count). The van der Waals surface area contributed by atoms with E-state index in [2.05, 4.69) is 20.9 Å². The topological polar surface area (TPSA) is 70.5 Å². The van der Waals surface area contributed by atoms with Crippen molar-refractivity contribution < 1.29 is 4.79 Å². The Labute approximate surface area is 165 Å². The highest BCUT2D eigenvalue weighted by Gasteiger charge is 2.20. The van der Waals surface area contributed by atoms with Crippen LogP contribution in [0.5, 0.6) is 0 Å². The van der Waals surface area contributed by atoms with E-state index >= 15 is 0 Å². The first-order chi connectivity index (χ1) is 12.5. The van der Waals surface area contributed by atoms with Crippen molar-refractivity contribution in [3.05, 3.63) is 21.9 Å². The Hall–Kier alpha value is -1.40. The molecule has 1 saturated carbocycles. The summed E-state index contributed by atoms with van der Waals surface area (Å²) in [6.07, 6.45) is 5.63. The lowest BCUT2D eigenvalue weighted by Crippen LogP contribution is -2.42. The van der Waals surface area contributed by atoms with Gasteiger partial charge in [0.25, 0.3) is 0 Å². The first-order valence-electron chi connectivity index (χ1n) is 9.32. The van der Waals surface area contributed by atoms with Crippen molar-refractivity contribution in [2.24, 2.45) is 18.0 Å². The van der Waals surface area contributed by atoms with Gasteiger partial charge in [-0.3, -0.25) is 4.79 Å². The molecule has 0 radical (unpaired) electrons. The van der Waals surface area contributed by atoms with E-state index in [1.165, 1.54) is 19.3 Å². The van der Waals surface area contributed by atoms with Crippen LogP contribution < -0.4 is 16.0 Å². The summed E-state index contributed by atoms with van der Waals surface area (Å²) < 4.78 is 1.82. The molecule has 146 valence electrons. The van der Waals surface area contributed by atoms with Crippen LogP contribution >= 0.6 is 23.2 Å². The van der Waals surface area contributed by atoms with E-state index in [-0.39, 0.29) is 11.8 Å². The third kappa shape index (κ3) is 6.09. The Bertz CT molecular complexity index is 623. The average Bonchev–Trinajstić information content (AvgIpc) is 2.90. The largest absolute Gasteiger partial charge is 0.357 e. The number of nitrogens with one attached hydrogen (secondary N) is 3. The lowest BCUT2D eigenvalue weighted by molar-refractivity contribution is -0.125. The van der Waals surface area contributed by atoms with Crippen molar-refractivity contribution in [2.75, 3.05) is 19.6 Å². The Kier molecular flexibility index (Phi) is 8.59. The fourth-order valence-corrected chi connectivity index (χ4v) is 3.53. The highest BCUT2D eigenvalue weighted by molar-refractivity contribution is 6.41. The van der Waals surface area contributed by atoms with Gasteiger partial charge in [-0.25, -0.2) is 4.99 Å². The Morgan fingerprint density at radius 1 is 1.19 bits per heavy atom. The molecule has 1 heterocycles. The van der Waals surface area contributed by atoms with Crippen LogP contribution in [0.2, 0.25) is 10.2 Å². The number of guanidine groups is 1. The molecule has 8 heteroatoms. The average molecular weight is 402 g/mol. The molecule has 0 aromatic carbocycles. The number of hydrogen-bond donors (Lipinski definition) is 3. The molecule has 0 saturated heterocycles. The first-order valence-corrected chi connectivity index (χ1v) is 10.1. The molecule has 0 spiro atoms. The van der Waals surface area contributed by atoms with Crippen LogP contribution in [0.1, 0.15) is 44.7 Å². The number of amides is 1. The van der Waals surface area contributed by atoms with Crippen molar-refractivity contribution in [3.63, 3.8) is 0 Å². The minimum absolute atomic E-state index is 0.182. The second-order valence-corrected chi connectivity index (χ2v) is 7.35. The molecule has 0 atom stereocenters. The predicted molar refractivity (Wildman–Crippen MR) is 108 cm³/mol. The highest BCUT2D eigenvalue weighted by Crippen LogP contribution is 2.25. The lowest BCUT2D eigenvalue weighted by atomic mass is 9.89. The van der Waals surface area contributed by atoms with Crippen LogP contribution in [0.25, 0.3) is 0 Å². The Morgan fingerprint density at radius 3 is 2.50 bits per heavy atom. The van der Waals surface area contributed by atoms with E-state index in [1.54, 1.807) is 0 Å². The monoisotopic (exact) mass is 401 g/mol. The zero-order valence-corrected chi connectivity index (χ0v) is 17.1. The molecule has 1 aliphatic rings. The van der Waals surface area contributed by atoms with Gasteiger partial charge in [0.15, 0.2) is 5.96 Å². The molecule has 1 amide bonds. The summed E-state index contributed by atoms with van der Waals surface area (Å²) in [5, 5.41) is 10.5. The molecule has 3 N–H and O–H groups in total. The first kappa shape index (κ1) is 20.9. The second kappa shape index (κ2) is 10.7. The van der Waals surface area contributed by atoms with Gasteiger partial charge in [-0.1, -0.05) is 42.5 Å². The summed E-state index contributed by atoms with van der Waals surface area (Å²) in [6.45, 7) is 4.44. The van der Waals surface area contributed by atoms with Crippen molar-refractivity contribution >= 4 is 35.1 Å². The molecule has 6 nitrogen and oxygen atoms in total. The number of aromatic nitrogens is 1. The third-order valence-corrected chi connectivity index (χ3v) is 5.49. The van der Waals surface area contributed by atoms with Crippen molar-refractivity contribution in [3.8, 4) is 0 Å². The maximum Gasteiger partial charge on any atom is 0.223 e. The summed E-state index contributed by atoms with van der Waals surface area (Å²) in [5.74, 6) is 1.08. The minimum atomic E-state index is 0.182. The number of halogens is 2. The maximum absolute atomic E-state index is 12.1. The van der Waals surface area contributed by atoms with Gasteiger partial charge < -0.3 is 20.5 Å². The maximum atomic E-state index is 12.1. The fraction of sp³-hybridized carbons (Fsp3) is 0.667. The molecule has 0 bridgehead atoms. The van der Waals surface area contributed by atoms with Gasteiger partial charge in [0.05, 0.1) is 11.6 Å². The van der Waals surface area contributed by atoms with Crippen molar-refractivity contribution in [1.29, 1.82) is 0 Å². The van der Waals surface area contributed by atoms with Crippen molar-refractivity contribution in [2.45, 2.75) is 45.6 Å². The van der Waals surface area contributed by atoms with Gasteiger partial charge in [0.1, 0.15) is 5.15 Å². The molecule has 26 heavy (non-hydrogen) atoms. The van der Waals surface area contributed by atoms with E-state index in [0.717, 1.165) is 25.1 Å². The van der Waals surface area contributed by atoms with Gasteiger partial charge in [0.2, 0.25) is 5.91 Å². The van der Waals surface area contributed by atoms with Crippen LogP contribution in [0, 0.1) is 5.92 Å². The van der Waals surface area contributed by atoms with E-state index < -0.39 is 0 Å². The molecule has 1 aromatic rings. The SMILES string of the molecule is CCNC(=NCc1cc(Cl)c(Cl)n1C)NCCNC(=O)C1CCCCC1. The fourth-order valence-electron chi connectivity index (χ4n) is 3.12.